The summed E-state index contributed by atoms with van der Waals surface area (Å²) >= 11 is 0. The quantitative estimate of drug-likeness (QED) is 0.766. The summed E-state index contributed by atoms with van der Waals surface area (Å²) in [5, 5.41) is 4.62. The molecule has 8 nitrogen and oxygen atoms in total. The predicted molar refractivity (Wildman–Crippen MR) is 96.5 cm³/mol. The van der Waals surface area contributed by atoms with Crippen molar-refractivity contribution in [3.05, 3.63) is 40.8 Å². The highest BCUT2D eigenvalue weighted by atomic mass is 16.5. The van der Waals surface area contributed by atoms with Gasteiger partial charge in [0.25, 0.3) is 5.56 Å². The van der Waals surface area contributed by atoms with Gasteiger partial charge in [-0.15, -0.1) is 0 Å². The first-order valence-corrected chi connectivity index (χ1v) is 8.21. The van der Waals surface area contributed by atoms with Gasteiger partial charge in [0.05, 0.1) is 13.3 Å². The third-order valence-electron chi connectivity index (χ3n) is 4.61. The van der Waals surface area contributed by atoms with Crippen LogP contribution in [0.4, 0.5) is 11.6 Å². The molecule has 3 heterocycles. The number of H-pyrrole nitrogens is 1. The second-order valence-corrected chi connectivity index (χ2v) is 6.07. The topological polar surface area (TPSA) is 79.3 Å². The molecule has 0 radical (unpaired) electrons. The summed E-state index contributed by atoms with van der Waals surface area (Å²) in [4.78, 5) is 24.1. The standard InChI is InChI=1S/C17H20N6O2/c1-21-15-14(11-18-21)16(24)20-17(19-15)23-9-7-22(8-10-23)12-3-5-13(25-2)6-4-12/h3-6,11H,7-10H2,1-2H3,(H,19,20,24). The summed E-state index contributed by atoms with van der Waals surface area (Å²) < 4.78 is 6.83. The molecule has 1 N–H and O–H groups in total. The lowest BCUT2D eigenvalue weighted by molar-refractivity contribution is 0.415. The summed E-state index contributed by atoms with van der Waals surface area (Å²) in [5.74, 6) is 1.46. The molecule has 1 aliphatic rings. The number of aromatic nitrogens is 4. The lowest BCUT2D eigenvalue weighted by atomic mass is 10.2. The van der Waals surface area contributed by atoms with Crippen molar-refractivity contribution in [3.8, 4) is 5.75 Å². The van der Waals surface area contributed by atoms with E-state index in [4.69, 9.17) is 4.74 Å². The van der Waals surface area contributed by atoms with Crippen LogP contribution in [0.1, 0.15) is 0 Å². The van der Waals surface area contributed by atoms with Gasteiger partial charge in [-0.3, -0.25) is 14.5 Å². The van der Waals surface area contributed by atoms with Gasteiger partial charge >= 0.3 is 0 Å². The fourth-order valence-corrected chi connectivity index (χ4v) is 3.14. The third kappa shape index (κ3) is 2.79. The van der Waals surface area contributed by atoms with Crippen LogP contribution in [-0.4, -0.2) is 53.0 Å². The number of hydrogen-bond donors (Lipinski definition) is 1. The van der Waals surface area contributed by atoms with Crippen LogP contribution in [0, 0.1) is 0 Å². The number of nitrogens with zero attached hydrogens (tertiary/aromatic N) is 5. The van der Waals surface area contributed by atoms with Crippen LogP contribution >= 0.6 is 0 Å². The van der Waals surface area contributed by atoms with Crippen LogP contribution < -0.4 is 20.1 Å². The molecule has 130 valence electrons. The van der Waals surface area contributed by atoms with Gasteiger partial charge in [0.1, 0.15) is 11.1 Å². The minimum absolute atomic E-state index is 0.148. The number of nitrogens with one attached hydrogen (secondary N) is 1. The molecular weight excluding hydrogens is 320 g/mol. The molecular formula is C17H20N6O2. The summed E-state index contributed by atoms with van der Waals surface area (Å²) in [6.45, 7) is 3.30. The maximum Gasteiger partial charge on any atom is 0.263 e. The predicted octanol–water partition coefficient (Wildman–Crippen LogP) is 0.992. The largest absolute Gasteiger partial charge is 0.497 e. The van der Waals surface area contributed by atoms with Gasteiger partial charge in [-0.2, -0.15) is 10.1 Å². The number of ether oxygens (including phenoxy) is 1. The minimum Gasteiger partial charge on any atom is -0.497 e. The zero-order valence-corrected chi connectivity index (χ0v) is 14.3. The fraction of sp³-hybridized carbons (Fsp3) is 0.353. The first-order valence-electron chi connectivity index (χ1n) is 8.21. The molecule has 1 aromatic carbocycles. The minimum atomic E-state index is -0.148. The SMILES string of the molecule is COc1ccc(N2CCN(c3nc4c(cnn4C)c(=O)[nH]3)CC2)cc1. The number of aryl methyl sites for hydroxylation is 1. The Bertz CT molecular complexity index is 938. The van der Waals surface area contributed by atoms with Crippen molar-refractivity contribution >= 4 is 22.7 Å². The van der Waals surface area contributed by atoms with E-state index in [1.807, 2.05) is 12.1 Å². The van der Waals surface area contributed by atoms with E-state index in [0.717, 1.165) is 31.9 Å². The molecule has 0 spiro atoms. The number of fused-ring (bicyclic) bond motifs is 1. The van der Waals surface area contributed by atoms with Crippen LogP contribution in [0.25, 0.3) is 11.0 Å². The van der Waals surface area contributed by atoms with Gasteiger partial charge < -0.3 is 14.5 Å². The van der Waals surface area contributed by atoms with E-state index in [1.54, 1.807) is 25.0 Å². The molecule has 8 heteroatoms. The van der Waals surface area contributed by atoms with Crippen LogP contribution in [0.15, 0.2) is 35.3 Å². The molecule has 0 unspecified atom stereocenters. The van der Waals surface area contributed by atoms with Gasteiger partial charge in [-0.1, -0.05) is 0 Å². The zero-order valence-electron chi connectivity index (χ0n) is 14.3. The van der Waals surface area contributed by atoms with E-state index in [-0.39, 0.29) is 5.56 Å². The van der Waals surface area contributed by atoms with Crippen molar-refractivity contribution in [2.75, 3.05) is 43.1 Å². The average molecular weight is 340 g/mol. The lowest BCUT2D eigenvalue weighted by Crippen LogP contribution is -2.47. The van der Waals surface area contributed by atoms with Gasteiger partial charge in [0, 0.05) is 38.9 Å². The lowest BCUT2D eigenvalue weighted by Gasteiger charge is -2.36. The van der Waals surface area contributed by atoms with E-state index >= 15 is 0 Å². The summed E-state index contributed by atoms with van der Waals surface area (Å²) in [7, 11) is 3.46. The summed E-state index contributed by atoms with van der Waals surface area (Å²) in [6, 6.07) is 8.07. The maximum absolute atomic E-state index is 12.2. The average Bonchev–Trinajstić information content (AvgIpc) is 3.04. The molecule has 0 atom stereocenters. The van der Waals surface area contributed by atoms with E-state index in [0.29, 0.717) is 17.0 Å². The van der Waals surface area contributed by atoms with E-state index in [1.165, 1.54) is 5.69 Å². The Labute approximate surface area is 144 Å². The molecule has 0 saturated carbocycles. The van der Waals surface area contributed by atoms with Crippen molar-refractivity contribution in [1.29, 1.82) is 0 Å². The molecule has 3 aromatic rings. The third-order valence-corrected chi connectivity index (χ3v) is 4.61. The Hall–Kier alpha value is -3.03. The molecule has 0 bridgehead atoms. The first kappa shape index (κ1) is 15.5. The Kier molecular flexibility index (Phi) is 3.79. The maximum atomic E-state index is 12.2. The Morgan fingerprint density at radius 2 is 1.76 bits per heavy atom. The summed E-state index contributed by atoms with van der Waals surface area (Å²) in [5.41, 5.74) is 1.63. The number of hydrogen-bond acceptors (Lipinski definition) is 6. The molecule has 1 saturated heterocycles. The van der Waals surface area contributed by atoms with Crippen molar-refractivity contribution in [1.82, 2.24) is 19.7 Å². The molecule has 25 heavy (non-hydrogen) atoms. The Balaban J connectivity index is 1.51. The van der Waals surface area contributed by atoms with Gasteiger partial charge in [0.15, 0.2) is 5.65 Å². The van der Waals surface area contributed by atoms with Crippen LogP contribution in [0.2, 0.25) is 0 Å². The summed E-state index contributed by atoms with van der Waals surface area (Å²) in [6.07, 6.45) is 1.55. The highest BCUT2D eigenvalue weighted by Gasteiger charge is 2.20. The van der Waals surface area contributed by atoms with Crippen LogP contribution in [0.3, 0.4) is 0 Å². The Morgan fingerprint density at radius 1 is 1.08 bits per heavy atom. The Morgan fingerprint density at radius 3 is 2.44 bits per heavy atom. The first-order chi connectivity index (χ1) is 12.2. The number of anilines is 2. The van der Waals surface area contributed by atoms with Crippen molar-refractivity contribution in [2.24, 2.45) is 7.05 Å². The smallest absolute Gasteiger partial charge is 0.263 e. The van der Waals surface area contributed by atoms with Crippen molar-refractivity contribution < 1.29 is 4.74 Å². The molecule has 0 amide bonds. The highest BCUT2D eigenvalue weighted by Crippen LogP contribution is 2.21. The number of aromatic amines is 1. The molecule has 1 aliphatic heterocycles. The molecule has 0 aliphatic carbocycles. The number of piperazine rings is 1. The van der Waals surface area contributed by atoms with Crippen LogP contribution in [-0.2, 0) is 7.05 Å². The number of benzene rings is 1. The normalized spacial score (nSPS) is 15.0. The van der Waals surface area contributed by atoms with E-state index < -0.39 is 0 Å². The van der Waals surface area contributed by atoms with E-state index in [9.17, 15) is 4.79 Å². The second-order valence-electron chi connectivity index (χ2n) is 6.07. The van der Waals surface area contributed by atoms with Gasteiger partial charge in [-0.05, 0) is 24.3 Å². The highest BCUT2D eigenvalue weighted by molar-refractivity contribution is 5.74. The van der Waals surface area contributed by atoms with E-state index in [2.05, 4.69) is 37.0 Å². The van der Waals surface area contributed by atoms with Gasteiger partial charge in [-0.25, -0.2) is 0 Å². The van der Waals surface area contributed by atoms with Gasteiger partial charge in [0.2, 0.25) is 5.95 Å². The van der Waals surface area contributed by atoms with Crippen LogP contribution in [0.5, 0.6) is 5.75 Å². The number of rotatable bonds is 3. The molecule has 2 aromatic heterocycles. The van der Waals surface area contributed by atoms with Crippen molar-refractivity contribution in [3.63, 3.8) is 0 Å². The fourth-order valence-electron chi connectivity index (χ4n) is 3.14. The molecule has 1 fully saturated rings. The number of methoxy groups -OCH3 is 1. The van der Waals surface area contributed by atoms with Crippen molar-refractivity contribution in [2.45, 2.75) is 0 Å². The zero-order chi connectivity index (χ0) is 17.4. The second kappa shape index (κ2) is 6.12. The molecule has 4 rings (SSSR count). The monoisotopic (exact) mass is 340 g/mol.